The van der Waals surface area contributed by atoms with Gasteiger partial charge in [0.15, 0.2) is 18.9 Å². The van der Waals surface area contributed by atoms with Gasteiger partial charge < -0.3 is 9.80 Å². The van der Waals surface area contributed by atoms with Gasteiger partial charge in [0.25, 0.3) is 11.8 Å². The van der Waals surface area contributed by atoms with Crippen LogP contribution >= 0.6 is 0 Å². The number of aromatic nitrogens is 2. The molecule has 0 aliphatic rings. The summed E-state index contributed by atoms with van der Waals surface area (Å²) >= 11 is 0. The second kappa shape index (κ2) is 15.7. The molecule has 5 rings (SSSR count). The van der Waals surface area contributed by atoms with Crippen LogP contribution in [-0.4, -0.2) is 48.8 Å². The third-order valence-corrected chi connectivity index (χ3v) is 7.29. The fourth-order valence-electron chi connectivity index (χ4n) is 4.55. The lowest BCUT2D eigenvalue weighted by Gasteiger charge is -2.18. The van der Waals surface area contributed by atoms with Crippen molar-refractivity contribution in [3.05, 3.63) is 145 Å². The highest BCUT2D eigenvalue weighted by Crippen LogP contribution is 2.17. The van der Waals surface area contributed by atoms with E-state index in [1.165, 1.54) is 0 Å². The molecule has 3 aromatic carbocycles. The zero-order valence-corrected chi connectivity index (χ0v) is 25.9. The molecule has 0 saturated carbocycles. The molecular weight excluding hydrogens is 576 g/mol. The van der Waals surface area contributed by atoms with Gasteiger partial charge in [0.1, 0.15) is 12.2 Å². The van der Waals surface area contributed by atoms with Crippen LogP contribution in [0.3, 0.4) is 0 Å². The Morgan fingerprint density at radius 3 is 1.52 bits per heavy atom. The Morgan fingerprint density at radius 2 is 0.978 bits per heavy atom. The van der Waals surface area contributed by atoms with Gasteiger partial charge in [0.05, 0.1) is 35.8 Å². The van der Waals surface area contributed by atoms with Gasteiger partial charge in [-0.05, 0) is 59.7 Å². The Bertz CT molecular complexity index is 1790. The van der Waals surface area contributed by atoms with E-state index in [9.17, 15) is 9.59 Å². The average molecular weight is 613 g/mol. The van der Waals surface area contributed by atoms with E-state index in [1.807, 2.05) is 119 Å². The number of benzene rings is 3. The molecule has 0 N–H and O–H groups in total. The maximum atomic E-state index is 13.1. The molecule has 0 spiro atoms. The molecule has 0 saturated heterocycles. The highest BCUT2D eigenvalue weighted by Gasteiger charge is 2.17. The fraction of sp³-hybridized carbons (Fsp3) is 0.167. The summed E-state index contributed by atoms with van der Waals surface area (Å²) in [6.07, 6.45) is 5.75. The summed E-state index contributed by atoms with van der Waals surface area (Å²) in [6, 6.07) is 35.4. The number of hydrogen-bond donors (Lipinski definition) is 0. The van der Waals surface area contributed by atoms with Crippen molar-refractivity contribution in [3.8, 4) is 0 Å². The Balaban J connectivity index is 1.10. The van der Waals surface area contributed by atoms with Crippen LogP contribution in [-0.2, 0) is 13.1 Å². The van der Waals surface area contributed by atoms with Crippen molar-refractivity contribution in [3.63, 3.8) is 0 Å². The molecule has 2 heterocycles. The van der Waals surface area contributed by atoms with E-state index in [-0.39, 0.29) is 11.8 Å². The van der Waals surface area contributed by atoms with Gasteiger partial charge in [0, 0.05) is 43.4 Å². The third-order valence-electron chi connectivity index (χ3n) is 7.29. The van der Waals surface area contributed by atoms with Crippen LogP contribution in [0.25, 0.3) is 0 Å². The molecule has 5 aromatic rings. The van der Waals surface area contributed by atoms with Crippen molar-refractivity contribution < 1.29 is 18.7 Å². The number of pyridine rings is 2. The molecule has 2 aromatic heterocycles. The molecule has 0 aliphatic heterocycles. The Labute approximate surface area is 268 Å². The first-order valence-electron chi connectivity index (χ1n) is 15.0. The van der Waals surface area contributed by atoms with Crippen molar-refractivity contribution in [1.29, 1.82) is 0 Å². The van der Waals surface area contributed by atoms with Gasteiger partial charge in [-0.25, -0.2) is 9.13 Å². The molecule has 0 unspecified atom stereocenters. The number of carbonyl (C=O) groups is 2. The van der Waals surface area contributed by atoms with Crippen molar-refractivity contribution >= 4 is 34.7 Å². The van der Waals surface area contributed by atoms with Gasteiger partial charge in [-0.15, -0.1) is 0 Å². The van der Waals surface area contributed by atoms with E-state index >= 15 is 0 Å². The summed E-state index contributed by atoms with van der Waals surface area (Å²) in [4.78, 5) is 29.5. The number of nitrogens with zero attached hydrogens (tertiary/aromatic N) is 8. The lowest BCUT2D eigenvalue weighted by molar-refractivity contribution is -0.696. The molecule has 0 fully saturated rings. The standard InChI is InChI=1S/C36H36N8O2/c1-41(25-27-43-23-20-33(21-24-43)38-37-31-11-5-3-6-12-31)35(45)29-16-18-30(19-17-29)36(46)42(2)26-28-44-22-10-9-15-34(44)40-39-32-13-7-4-8-14-32/h3-24H,25-28H2,1-2H3/q+2. The summed E-state index contributed by atoms with van der Waals surface area (Å²) in [7, 11) is 3.54. The molecule has 10 heteroatoms. The Morgan fingerprint density at radius 1 is 0.522 bits per heavy atom. The maximum Gasteiger partial charge on any atom is 0.350 e. The molecule has 0 bridgehead atoms. The number of azo groups is 2. The average Bonchev–Trinajstić information content (AvgIpc) is 3.12. The molecular formula is C36H36N8O2+2. The Hall–Kier alpha value is -5.90. The topological polar surface area (TPSA) is 97.8 Å². The SMILES string of the molecule is CN(CC[n+]1ccc(N=Nc2ccccc2)cc1)C(=O)c1ccc(C(=O)N(C)CC[n+]2ccccc2N=Nc2ccccc2)cc1. The van der Waals surface area contributed by atoms with E-state index in [4.69, 9.17) is 0 Å². The highest BCUT2D eigenvalue weighted by molar-refractivity contribution is 5.97. The van der Waals surface area contributed by atoms with Crippen molar-refractivity contribution in [2.45, 2.75) is 13.1 Å². The smallest absolute Gasteiger partial charge is 0.338 e. The molecule has 2 amide bonds. The minimum atomic E-state index is -0.125. The van der Waals surface area contributed by atoms with Crippen molar-refractivity contribution in [2.24, 2.45) is 20.5 Å². The Kier molecular flexibility index (Phi) is 10.8. The van der Waals surface area contributed by atoms with Gasteiger partial charge in [-0.2, -0.15) is 10.2 Å². The second-order valence-electron chi connectivity index (χ2n) is 10.6. The monoisotopic (exact) mass is 612 g/mol. The highest BCUT2D eigenvalue weighted by atomic mass is 16.2. The number of hydrogen-bond acceptors (Lipinski definition) is 6. The van der Waals surface area contributed by atoms with Crippen LogP contribution in [0, 0.1) is 0 Å². The molecule has 0 radical (unpaired) electrons. The normalized spacial score (nSPS) is 11.2. The van der Waals surface area contributed by atoms with Crippen LogP contribution in [0.5, 0.6) is 0 Å². The number of likely N-dealkylation sites (N-methyl/N-ethyl adjacent to an activating group) is 2. The van der Waals surface area contributed by atoms with E-state index in [2.05, 4.69) is 20.5 Å². The quantitative estimate of drug-likeness (QED) is 0.117. The van der Waals surface area contributed by atoms with E-state index in [0.717, 1.165) is 17.1 Å². The largest absolute Gasteiger partial charge is 0.350 e. The molecule has 46 heavy (non-hydrogen) atoms. The van der Waals surface area contributed by atoms with Crippen LogP contribution in [0.2, 0.25) is 0 Å². The summed E-state index contributed by atoms with van der Waals surface area (Å²) in [5.41, 5.74) is 3.35. The number of amides is 2. The van der Waals surface area contributed by atoms with Gasteiger partial charge in [0.2, 0.25) is 0 Å². The minimum absolute atomic E-state index is 0.112. The molecule has 0 atom stereocenters. The summed E-state index contributed by atoms with van der Waals surface area (Å²) in [6.45, 7) is 2.15. The van der Waals surface area contributed by atoms with Crippen molar-refractivity contribution in [2.75, 3.05) is 27.2 Å². The minimum Gasteiger partial charge on any atom is -0.338 e. The zero-order valence-electron chi connectivity index (χ0n) is 25.9. The van der Waals surface area contributed by atoms with Crippen LogP contribution in [0.1, 0.15) is 20.7 Å². The van der Waals surface area contributed by atoms with Gasteiger partial charge >= 0.3 is 5.82 Å². The third kappa shape index (κ3) is 8.82. The molecule has 10 nitrogen and oxygen atoms in total. The number of rotatable bonds is 12. The van der Waals surface area contributed by atoms with E-state index in [0.29, 0.717) is 43.1 Å². The first-order chi connectivity index (χ1) is 22.5. The zero-order chi connectivity index (χ0) is 32.1. The summed E-state index contributed by atoms with van der Waals surface area (Å²) in [5.74, 6) is 0.457. The summed E-state index contributed by atoms with van der Waals surface area (Å²) < 4.78 is 3.95. The lowest BCUT2D eigenvalue weighted by atomic mass is 10.1. The van der Waals surface area contributed by atoms with E-state index in [1.54, 1.807) is 48.2 Å². The first-order valence-corrected chi connectivity index (χ1v) is 15.0. The molecule has 230 valence electrons. The number of carbonyl (C=O) groups excluding carboxylic acids is 2. The maximum absolute atomic E-state index is 13.1. The van der Waals surface area contributed by atoms with Crippen LogP contribution in [0.15, 0.2) is 154 Å². The van der Waals surface area contributed by atoms with E-state index < -0.39 is 0 Å². The predicted octanol–water partition coefficient (Wildman–Crippen LogP) is 6.64. The predicted molar refractivity (Wildman–Crippen MR) is 175 cm³/mol. The lowest BCUT2D eigenvalue weighted by Crippen LogP contribution is -2.41. The van der Waals surface area contributed by atoms with Crippen LogP contribution in [0.4, 0.5) is 22.9 Å². The van der Waals surface area contributed by atoms with Gasteiger partial charge in [-0.3, -0.25) is 9.59 Å². The summed E-state index contributed by atoms with van der Waals surface area (Å²) in [5, 5.41) is 17.2. The molecule has 0 aliphatic carbocycles. The van der Waals surface area contributed by atoms with Crippen molar-refractivity contribution in [1.82, 2.24) is 9.80 Å². The van der Waals surface area contributed by atoms with Gasteiger partial charge in [-0.1, -0.05) is 42.5 Å². The fourth-order valence-corrected chi connectivity index (χ4v) is 4.55. The first kappa shape index (κ1) is 31.5. The van der Waals surface area contributed by atoms with Crippen LogP contribution < -0.4 is 9.13 Å². The second-order valence-corrected chi connectivity index (χ2v) is 10.6.